The van der Waals surface area contributed by atoms with Gasteiger partial charge < -0.3 is 0 Å². The lowest BCUT2D eigenvalue weighted by Crippen LogP contribution is -2.26. The molecule has 4 aromatic rings. The fourth-order valence-electron chi connectivity index (χ4n) is 4.11. The lowest BCUT2D eigenvalue weighted by Gasteiger charge is -2.09. The van der Waals surface area contributed by atoms with Gasteiger partial charge in [-0.3, -0.25) is 14.1 Å². The summed E-state index contributed by atoms with van der Waals surface area (Å²) < 4.78 is 3.77. The number of aromatic amines is 1. The summed E-state index contributed by atoms with van der Waals surface area (Å²) in [6, 6.07) is 12.0. The summed E-state index contributed by atoms with van der Waals surface area (Å²) in [4.78, 5) is 17.9. The highest BCUT2D eigenvalue weighted by molar-refractivity contribution is 5.79. The number of unbranched alkanes of at least 4 members (excludes halogenated alkanes) is 2. The number of aromatic nitrogens is 7. The molecule has 0 amide bonds. The molecule has 0 aliphatic heterocycles. The summed E-state index contributed by atoms with van der Waals surface area (Å²) >= 11 is 0. The molecule has 4 rings (SSSR count). The van der Waals surface area contributed by atoms with Crippen LogP contribution in [0.1, 0.15) is 57.8 Å². The van der Waals surface area contributed by atoms with Gasteiger partial charge in [0.2, 0.25) is 5.82 Å². The molecule has 3 aromatic heterocycles. The van der Waals surface area contributed by atoms with E-state index in [1.54, 1.807) is 0 Å². The number of aryl methyl sites for hydroxylation is 2. The number of rotatable bonds is 11. The van der Waals surface area contributed by atoms with Gasteiger partial charge >= 0.3 is 5.69 Å². The minimum absolute atomic E-state index is 0.0560. The highest BCUT2D eigenvalue weighted by Crippen LogP contribution is 2.29. The summed E-state index contributed by atoms with van der Waals surface area (Å²) in [6.45, 7) is 7.80. The van der Waals surface area contributed by atoms with Crippen molar-refractivity contribution in [2.45, 2.75) is 66.0 Å². The molecular weight excluding hydrogens is 426 g/mol. The second-order valence-corrected chi connectivity index (χ2v) is 9.14. The maximum absolute atomic E-state index is 13.2. The van der Waals surface area contributed by atoms with Crippen molar-refractivity contribution in [3.8, 4) is 22.5 Å². The van der Waals surface area contributed by atoms with E-state index in [1.807, 2.05) is 51.7 Å². The Morgan fingerprint density at radius 1 is 1.06 bits per heavy atom. The minimum Gasteiger partial charge on any atom is -0.299 e. The van der Waals surface area contributed by atoms with Crippen LogP contribution in [0.4, 0.5) is 0 Å². The minimum atomic E-state index is 0.0560. The van der Waals surface area contributed by atoms with E-state index in [-0.39, 0.29) is 5.69 Å². The first-order chi connectivity index (χ1) is 16.6. The Hall–Kier alpha value is -3.55. The Labute approximate surface area is 200 Å². The van der Waals surface area contributed by atoms with Crippen molar-refractivity contribution in [1.29, 1.82) is 0 Å². The van der Waals surface area contributed by atoms with Gasteiger partial charge in [0.25, 0.3) is 0 Å². The molecule has 0 atom stereocenters. The van der Waals surface area contributed by atoms with Gasteiger partial charge in [-0.05, 0) is 42.0 Å². The zero-order valence-corrected chi connectivity index (χ0v) is 20.2. The number of pyridine rings is 1. The zero-order chi connectivity index (χ0) is 23.9. The van der Waals surface area contributed by atoms with Crippen LogP contribution >= 0.6 is 0 Å². The molecule has 0 fully saturated rings. The quantitative estimate of drug-likeness (QED) is 0.328. The molecule has 0 aliphatic carbocycles. The number of tetrazole rings is 1. The van der Waals surface area contributed by atoms with Gasteiger partial charge in [-0.25, -0.2) is 4.79 Å². The molecule has 1 aromatic carbocycles. The lowest BCUT2D eigenvalue weighted by molar-refractivity contribution is 0.502. The van der Waals surface area contributed by atoms with E-state index < -0.39 is 0 Å². The molecule has 34 heavy (non-hydrogen) atoms. The predicted molar refractivity (Wildman–Crippen MR) is 133 cm³/mol. The van der Waals surface area contributed by atoms with Gasteiger partial charge in [0.15, 0.2) is 0 Å². The average Bonchev–Trinajstić information content (AvgIpc) is 3.48. The Morgan fingerprint density at radius 2 is 1.88 bits per heavy atom. The number of nitrogens with zero attached hydrogens (tertiary/aromatic N) is 6. The first-order valence-corrected chi connectivity index (χ1v) is 12.1. The van der Waals surface area contributed by atoms with Crippen molar-refractivity contribution in [2.24, 2.45) is 5.92 Å². The van der Waals surface area contributed by atoms with Crippen molar-refractivity contribution >= 4 is 0 Å². The van der Waals surface area contributed by atoms with Gasteiger partial charge in [-0.15, -0.1) is 10.2 Å². The van der Waals surface area contributed by atoms with Gasteiger partial charge in [-0.1, -0.05) is 63.9 Å². The number of nitrogens with one attached hydrogen (secondary N) is 1. The molecule has 0 bridgehead atoms. The average molecular weight is 460 g/mol. The van der Waals surface area contributed by atoms with Crippen molar-refractivity contribution in [3.05, 3.63) is 70.7 Å². The van der Waals surface area contributed by atoms with E-state index in [0.717, 1.165) is 66.7 Å². The molecule has 178 valence electrons. The Balaban J connectivity index is 1.58. The van der Waals surface area contributed by atoms with Crippen molar-refractivity contribution < 1.29 is 0 Å². The van der Waals surface area contributed by atoms with Crippen LogP contribution in [0.25, 0.3) is 22.5 Å². The Morgan fingerprint density at radius 3 is 2.56 bits per heavy atom. The van der Waals surface area contributed by atoms with E-state index in [1.165, 1.54) is 0 Å². The van der Waals surface area contributed by atoms with Crippen molar-refractivity contribution in [1.82, 2.24) is 34.7 Å². The van der Waals surface area contributed by atoms with E-state index in [4.69, 9.17) is 4.98 Å². The third-order valence-corrected chi connectivity index (χ3v) is 6.08. The smallest absolute Gasteiger partial charge is 0.299 e. The van der Waals surface area contributed by atoms with Gasteiger partial charge in [0.1, 0.15) is 0 Å². The molecule has 0 saturated heterocycles. The monoisotopic (exact) mass is 459 g/mol. The SMILES string of the molecule is CCCCCc1cn(CCC(C)C)c(=O)n1Cc1ccc(-c2ccccc2-c2nn[nH]n2)cn1. The summed E-state index contributed by atoms with van der Waals surface area (Å²) in [7, 11) is 0. The van der Waals surface area contributed by atoms with E-state index in [2.05, 4.69) is 47.6 Å². The molecule has 1 N–H and O–H groups in total. The largest absolute Gasteiger partial charge is 0.328 e. The van der Waals surface area contributed by atoms with Gasteiger partial charge in [0.05, 0.1) is 12.2 Å². The summed E-state index contributed by atoms with van der Waals surface area (Å²) in [6.07, 6.45) is 9.22. The van der Waals surface area contributed by atoms with Gasteiger partial charge in [0, 0.05) is 35.8 Å². The Kier molecular flexibility index (Phi) is 7.67. The van der Waals surface area contributed by atoms with Crippen LogP contribution in [0.2, 0.25) is 0 Å². The van der Waals surface area contributed by atoms with Crippen molar-refractivity contribution in [3.63, 3.8) is 0 Å². The molecule has 0 spiro atoms. The second-order valence-electron chi connectivity index (χ2n) is 9.14. The zero-order valence-electron chi connectivity index (χ0n) is 20.2. The van der Waals surface area contributed by atoms with Crippen molar-refractivity contribution in [2.75, 3.05) is 0 Å². The van der Waals surface area contributed by atoms with E-state index >= 15 is 0 Å². The highest BCUT2D eigenvalue weighted by atomic mass is 16.1. The maximum Gasteiger partial charge on any atom is 0.328 e. The van der Waals surface area contributed by atoms with E-state index in [9.17, 15) is 4.79 Å². The van der Waals surface area contributed by atoms with Crippen LogP contribution in [-0.4, -0.2) is 34.7 Å². The number of H-pyrrole nitrogens is 1. The number of imidazole rings is 1. The maximum atomic E-state index is 13.2. The molecule has 0 unspecified atom stereocenters. The number of hydrogen-bond donors (Lipinski definition) is 1. The summed E-state index contributed by atoms with van der Waals surface area (Å²) in [5, 5.41) is 14.4. The van der Waals surface area contributed by atoms with Crippen LogP contribution in [-0.2, 0) is 19.5 Å². The predicted octanol–water partition coefficient (Wildman–Crippen LogP) is 4.72. The number of benzene rings is 1. The van der Waals surface area contributed by atoms with Crippen LogP contribution in [0, 0.1) is 5.92 Å². The Bertz CT molecular complexity index is 1240. The van der Waals surface area contributed by atoms with Gasteiger partial charge in [-0.2, -0.15) is 5.21 Å². The standard InChI is InChI=1S/C26H33N7O/c1-4-5-6-9-22-18-32(15-14-19(2)3)26(34)33(22)17-21-13-12-20(16-27-21)23-10-7-8-11-24(23)25-28-30-31-29-25/h7-8,10-13,16,18-19H,4-6,9,14-15,17H2,1-3H3,(H,28,29,30,31). The normalized spacial score (nSPS) is 11.4. The number of hydrogen-bond acceptors (Lipinski definition) is 5. The van der Waals surface area contributed by atoms with Crippen LogP contribution in [0.5, 0.6) is 0 Å². The lowest BCUT2D eigenvalue weighted by atomic mass is 10.0. The fourth-order valence-corrected chi connectivity index (χ4v) is 4.11. The third kappa shape index (κ3) is 5.50. The molecule has 0 radical (unpaired) electrons. The summed E-state index contributed by atoms with van der Waals surface area (Å²) in [5.41, 5.74) is 4.86. The fraction of sp³-hybridized carbons (Fsp3) is 0.423. The molecule has 8 nitrogen and oxygen atoms in total. The van der Waals surface area contributed by atoms with Crippen LogP contribution < -0.4 is 5.69 Å². The molecular formula is C26H33N7O. The third-order valence-electron chi connectivity index (χ3n) is 6.08. The second kappa shape index (κ2) is 11.0. The molecule has 0 aliphatic rings. The first kappa shape index (κ1) is 23.6. The topological polar surface area (TPSA) is 94.3 Å². The van der Waals surface area contributed by atoms with Crippen LogP contribution in [0.3, 0.4) is 0 Å². The highest BCUT2D eigenvalue weighted by Gasteiger charge is 2.14. The van der Waals surface area contributed by atoms with E-state index in [0.29, 0.717) is 18.3 Å². The molecule has 3 heterocycles. The first-order valence-electron chi connectivity index (χ1n) is 12.1. The molecule has 8 heteroatoms. The van der Waals surface area contributed by atoms with Crippen LogP contribution in [0.15, 0.2) is 53.6 Å². The molecule has 0 saturated carbocycles. The summed E-state index contributed by atoms with van der Waals surface area (Å²) in [5.74, 6) is 1.11.